The number of fused-ring (bicyclic) bond motifs is 1. The van der Waals surface area contributed by atoms with Gasteiger partial charge in [0, 0.05) is 29.9 Å². The zero-order valence-corrected chi connectivity index (χ0v) is 24.8. The van der Waals surface area contributed by atoms with Crippen molar-refractivity contribution >= 4 is 34.6 Å². The molecule has 7 N–H and O–H groups in total. The summed E-state index contributed by atoms with van der Waals surface area (Å²) < 4.78 is 0. The minimum Gasteiger partial charge on any atom is -0.480 e. The highest BCUT2D eigenvalue weighted by Crippen LogP contribution is 2.20. The van der Waals surface area contributed by atoms with Crippen LogP contribution in [0.1, 0.15) is 30.5 Å². The summed E-state index contributed by atoms with van der Waals surface area (Å²) in [5.74, 6) is -3.24. The van der Waals surface area contributed by atoms with Crippen LogP contribution >= 0.6 is 0 Å². The first-order valence-electron chi connectivity index (χ1n) is 14.6. The molecule has 10 nitrogen and oxygen atoms in total. The second kappa shape index (κ2) is 15.0. The molecular formula is C34H39N5O5. The monoisotopic (exact) mass is 597 g/mol. The van der Waals surface area contributed by atoms with E-state index in [0.29, 0.717) is 6.42 Å². The van der Waals surface area contributed by atoms with Crippen LogP contribution in [0.3, 0.4) is 0 Å². The van der Waals surface area contributed by atoms with Crippen molar-refractivity contribution in [2.24, 2.45) is 11.7 Å². The molecule has 0 saturated heterocycles. The van der Waals surface area contributed by atoms with Gasteiger partial charge in [0.15, 0.2) is 0 Å². The predicted octanol–water partition coefficient (Wildman–Crippen LogP) is 2.72. The molecule has 1 aromatic heterocycles. The second-order valence-electron chi connectivity index (χ2n) is 11.2. The number of carboxylic acid groups (broad SMARTS) is 1. The largest absolute Gasteiger partial charge is 0.480 e. The van der Waals surface area contributed by atoms with E-state index in [0.717, 1.165) is 27.6 Å². The Morgan fingerprint density at radius 1 is 0.705 bits per heavy atom. The Labute approximate surface area is 256 Å². The Morgan fingerprint density at radius 2 is 1.27 bits per heavy atom. The van der Waals surface area contributed by atoms with Gasteiger partial charge in [-0.15, -0.1) is 0 Å². The summed E-state index contributed by atoms with van der Waals surface area (Å²) in [7, 11) is 0. The molecule has 0 bridgehead atoms. The number of carbonyl (C=O) groups is 4. The van der Waals surface area contributed by atoms with Crippen LogP contribution in [-0.4, -0.2) is 57.9 Å². The first kappa shape index (κ1) is 32.0. The zero-order valence-electron chi connectivity index (χ0n) is 24.8. The van der Waals surface area contributed by atoms with Gasteiger partial charge in [-0.3, -0.25) is 14.4 Å². The van der Waals surface area contributed by atoms with Crippen LogP contribution in [0.5, 0.6) is 0 Å². The number of amides is 3. The number of carbonyl (C=O) groups excluding carboxylic acids is 3. The maximum Gasteiger partial charge on any atom is 0.326 e. The average Bonchev–Trinajstić information content (AvgIpc) is 3.42. The van der Waals surface area contributed by atoms with Crippen molar-refractivity contribution in [2.75, 3.05) is 0 Å². The molecule has 0 aliphatic carbocycles. The zero-order chi connectivity index (χ0) is 31.6. The number of nitrogens with one attached hydrogen (secondary N) is 4. The number of para-hydroxylation sites is 1. The van der Waals surface area contributed by atoms with Gasteiger partial charge in [-0.05, 0) is 35.1 Å². The first-order valence-corrected chi connectivity index (χ1v) is 14.6. The summed E-state index contributed by atoms with van der Waals surface area (Å²) in [5.41, 5.74) is 9.43. The molecule has 4 aromatic rings. The van der Waals surface area contributed by atoms with E-state index in [4.69, 9.17) is 5.73 Å². The quantitative estimate of drug-likeness (QED) is 0.131. The van der Waals surface area contributed by atoms with E-state index >= 15 is 0 Å². The van der Waals surface area contributed by atoms with E-state index in [2.05, 4.69) is 20.9 Å². The van der Waals surface area contributed by atoms with Crippen molar-refractivity contribution in [1.29, 1.82) is 0 Å². The molecule has 3 amide bonds. The minimum atomic E-state index is -1.22. The Hall–Kier alpha value is -4.96. The predicted molar refractivity (Wildman–Crippen MR) is 169 cm³/mol. The van der Waals surface area contributed by atoms with Crippen molar-refractivity contribution < 1.29 is 24.3 Å². The van der Waals surface area contributed by atoms with Crippen molar-refractivity contribution in [3.63, 3.8) is 0 Å². The summed E-state index contributed by atoms with van der Waals surface area (Å²) in [6.45, 7) is 3.56. The molecule has 0 fully saturated rings. The number of nitrogens with two attached hydrogens (primary N) is 1. The van der Waals surface area contributed by atoms with Crippen molar-refractivity contribution in [2.45, 2.75) is 57.3 Å². The third-order valence-electron chi connectivity index (χ3n) is 7.51. The van der Waals surface area contributed by atoms with Crippen LogP contribution in [0, 0.1) is 5.92 Å². The minimum absolute atomic E-state index is 0.0691. The third-order valence-corrected chi connectivity index (χ3v) is 7.51. The maximum atomic E-state index is 13.7. The number of hydrogen-bond acceptors (Lipinski definition) is 5. The van der Waals surface area contributed by atoms with Crippen molar-refractivity contribution in [1.82, 2.24) is 20.9 Å². The van der Waals surface area contributed by atoms with E-state index in [1.807, 2.05) is 60.7 Å². The SMILES string of the molecule is CC(C)C(NC(=O)C(N)Cc1ccccc1)C(=O)NC(Cc1c[nH]c2ccccc12)C(=O)NC(Cc1ccccc1)C(=O)O. The molecule has 0 aliphatic heterocycles. The molecular weight excluding hydrogens is 558 g/mol. The third kappa shape index (κ3) is 8.54. The normalized spacial score (nSPS) is 13.9. The molecule has 0 saturated carbocycles. The standard InChI is InChI=1S/C34H39N5O5/c1-21(2)30(39-31(40)26(35)17-22-11-5-3-6-12-22)33(42)37-28(19-24-20-36-27-16-10-9-15-25(24)27)32(41)38-29(34(43)44)18-23-13-7-4-8-14-23/h3-16,20-21,26,28-30,36H,17-19,35H2,1-2H3,(H,37,42)(H,38,41)(H,39,40)(H,43,44). The topological polar surface area (TPSA) is 166 Å². The summed E-state index contributed by atoms with van der Waals surface area (Å²) in [4.78, 5) is 55.6. The molecule has 10 heteroatoms. The number of aromatic nitrogens is 1. The van der Waals surface area contributed by atoms with E-state index in [9.17, 15) is 24.3 Å². The smallest absolute Gasteiger partial charge is 0.326 e. The molecule has 0 spiro atoms. The van der Waals surface area contributed by atoms with Crippen LogP contribution in [0.25, 0.3) is 10.9 Å². The number of rotatable bonds is 14. The van der Waals surface area contributed by atoms with Crippen LogP contribution in [0.4, 0.5) is 0 Å². The molecule has 4 atom stereocenters. The molecule has 3 aromatic carbocycles. The fraction of sp³-hybridized carbons (Fsp3) is 0.294. The first-order chi connectivity index (χ1) is 21.1. The van der Waals surface area contributed by atoms with Gasteiger partial charge in [-0.25, -0.2) is 4.79 Å². The van der Waals surface area contributed by atoms with E-state index < -0.39 is 47.9 Å². The van der Waals surface area contributed by atoms with Gasteiger partial charge in [-0.2, -0.15) is 0 Å². The fourth-order valence-electron chi connectivity index (χ4n) is 5.07. The van der Waals surface area contributed by atoms with Gasteiger partial charge in [0.05, 0.1) is 6.04 Å². The van der Waals surface area contributed by atoms with Crippen LogP contribution in [0.2, 0.25) is 0 Å². The molecule has 0 aliphatic rings. The number of benzene rings is 3. The lowest BCUT2D eigenvalue weighted by Crippen LogP contribution is -2.59. The summed E-state index contributed by atoms with van der Waals surface area (Å²) >= 11 is 0. The van der Waals surface area contributed by atoms with E-state index in [1.165, 1.54) is 0 Å². The fourth-order valence-corrected chi connectivity index (χ4v) is 5.07. The lowest BCUT2D eigenvalue weighted by molar-refractivity contribution is -0.142. The highest BCUT2D eigenvalue weighted by molar-refractivity contribution is 5.95. The summed E-state index contributed by atoms with van der Waals surface area (Å²) in [6.07, 6.45) is 2.22. The average molecular weight is 598 g/mol. The number of hydrogen-bond donors (Lipinski definition) is 6. The van der Waals surface area contributed by atoms with Gasteiger partial charge in [0.2, 0.25) is 17.7 Å². The molecule has 230 valence electrons. The molecule has 1 heterocycles. The second-order valence-corrected chi connectivity index (χ2v) is 11.2. The molecule has 44 heavy (non-hydrogen) atoms. The lowest BCUT2D eigenvalue weighted by Gasteiger charge is -2.27. The van der Waals surface area contributed by atoms with Gasteiger partial charge in [-0.1, -0.05) is 92.7 Å². The van der Waals surface area contributed by atoms with Crippen LogP contribution in [-0.2, 0) is 38.4 Å². The highest BCUT2D eigenvalue weighted by Gasteiger charge is 2.32. The van der Waals surface area contributed by atoms with Gasteiger partial charge < -0.3 is 31.8 Å². The van der Waals surface area contributed by atoms with Crippen LogP contribution in [0.15, 0.2) is 91.1 Å². The van der Waals surface area contributed by atoms with Crippen molar-refractivity contribution in [3.05, 3.63) is 108 Å². The Bertz CT molecular complexity index is 1570. The summed E-state index contributed by atoms with van der Waals surface area (Å²) in [6, 6.07) is 21.6. The lowest BCUT2D eigenvalue weighted by atomic mass is 9.99. The number of aliphatic carboxylic acids is 1. The maximum absolute atomic E-state index is 13.7. The Balaban J connectivity index is 1.53. The van der Waals surface area contributed by atoms with Gasteiger partial charge >= 0.3 is 5.97 Å². The number of H-pyrrole nitrogens is 1. The van der Waals surface area contributed by atoms with E-state index in [1.54, 1.807) is 44.3 Å². The van der Waals surface area contributed by atoms with Gasteiger partial charge in [0.25, 0.3) is 0 Å². The van der Waals surface area contributed by atoms with Crippen LogP contribution < -0.4 is 21.7 Å². The Kier molecular flexibility index (Phi) is 10.9. The van der Waals surface area contributed by atoms with E-state index in [-0.39, 0.29) is 18.8 Å². The summed E-state index contributed by atoms with van der Waals surface area (Å²) in [5, 5.41) is 18.9. The number of carboxylic acids is 1. The molecule has 4 unspecified atom stereocenters. The Morgan fingerprint density at radius 3 is 1.89 bits per heavy atom. The highest BCUT2D eigenvalue weighted by atomic mass is 16.4. The van der Waals surface area contributed by atoms with Crippen molar-refractivity contribution in [3.8, 4) is 0 Å². The molecule has 4 rings (SSSR count). The molecule has 0 radical (unpaired) electrons. The number of aromatic amines is 1. The van der Waals surface area contributed by atoms with Gasteiger partial charge in [0.1, 0.15) is 18.1 Å².